The Morgan fingerprint density at radius 3 is 3.00 bits per heavy atom. The molecular weight excluding hydrogens is 164 g/mol. The Bertz CT molecular complexity index is 221. The Labute approximate surface area is 80.1 Å². The molecule has 1 aliphatic heterocycles. The average molecular weight is 182 g/mol. The van der Waals surface area contributed by atoms with Gasteiger partial charge in [0.2, 0.25) is 0 Å². The van der Waals surface area contributed by atoms with Crippen molar-refractivity contribution in [3.8, 4) is 0 Å². The molecule has 0 amide bonds. The van der Waals surface area contributed by atoms with Gasteiger partial charge in [0.15, 0.2) is 0 Å². The van der Waals surface area contributed by atoms with E-state index < -0.39 is 0 Å². The number of oxime groups is 1. The predicted molar refractivity (Wildman–Crippen MR) is 54.9 cm³/mol. The molecule has 0 saturated heterocycles. The van der Waals surface area contributed by atoms with Gasteiger partial charge in [-0.15, -0.1) is 0 Å². The zero-order chi connectivity index (χ0) is 9.68. The van der Waals surface area contributed by atoms with Crippen LogP contribution >= 0.6 is 0 Å². The first-order chi connectivity index (χ1) is 6.27. The SMILES string of the molecule is CCC(=NOC)C1=CCCN(C)C1. The number of hydrogen-bond donors (Lipinski definition) is 0. The van der Waals surface area contributed by atoms with Crippen LogP contribution in [0.3, 0.4) is 0 Å². The molecule has 1 rings (SSSR count). The van der Waals surface area contributed by atoms with Crippen LogP contribution in [0.2, 0.25) is 0 Å². The highest BCUT2D eigenvalue weighted by atomic mass is 16.6. The topological polar surface area (TPSA) is 24.8 Å². The minimum atomic E-state index is 0.938. The first kappa shape index (κ1) is 10.3. The lowest BCUT2D eigenvalue weighted by Crippen LogP contribution is -2.28. The van der Waals surface area contributed by atoms with E-state index in [9.17, 15) is 0 Å². The molecule has 0 spiro atoms. The van der Waals surface area contributed by atoms with Gasteiger partial charge >= 0.3 is 0 Å². The van der Waals surface area contributed by atoms with Gasteiger partial charge in [0.25, 0.3) is 0 Å². The van der Waals surface area contributed by atoms with Crippen molar-refractivity contribution in [3.05, 3.63) is 11.6 Å². The quantitative estimate of drug-likeness (QED) is 0.490. The zero-order valence-corrected chi connectivity index (χ0v) is 8.71. The number of nitrogens with zero attached hydrogens (tertiary/aromatic N) is 2. The summed E-state index contributed by atoms with van der Waals surface area (Å²) >= 11 is 0. The van der Waals surface area contributed by atoms with Crippen molar-refractivity contribution in [1.29, 1.82) is 0 Å². The standard InChI is InChI=1S/C10H18N2O/c1-4-10(11-13-3)9-6-5-7-12(2)8-9/h6H,4-5,7-8H2,1-3H3. The second kappa shape index (κ2) is 5.02. The van der Waals surface area contributed by atoms with Crippen LogP contribution in [-0.4, -0.2) is 37.9 Å². The molecule has 3 nitrogen and oxygen atoms in total. The molecule has 0 fully saturated rings. The normalized spacial score (nSPS) is 19.9. The molecule has 0 aromatic heterocycles. The maximum atomic E-state index is 4.81. The highest BCUT2D eigenvalue weighted by molar-refractivity contribution is 6.00. The molecule has 0 atom stereocenters. The van der Waals surface area contributed by atoms with Crippen molar-refractivity contribution in [2.24, 2.45) is 5.16 Å². The second-order valence-electron chi connectivity index (χ2n) is 3.33. The summed E-state index contributed by atoms with van der Waals surface area (Å²) < 4.78 is 0. The van der Waals surface area contributed by atoms with Crippen LogP contribution in [-0.2, 0) is 4.84 Å². The van der Waals surface area contributed by atoms with Crippen LogP contribution < -0.4 is 0 Å². The van der Waals surface area contributed by atoms with Gasteiger partial charge in [-0.2, -0.15) is 0 Å². The molecule has 0 aromatic rings. The molecule has 0 bridgehead atoms. The van der Waals surface area contributed by atoms with E-state index >= 15 is 0 Å². The Kier molecular flexibility index (Phi) is 3.96. The lowest BCUT2D eigenvalue weighted by Gasteiger charge is -2.23. The third kappa shape index (κ3) is 2.84. The lowest BCUT2D eigenvalue weighted by molar-refractivity contribution is 0.212. The first-order valence-corrected chi connectivity index (χ1v) is 4.76. The van der Waals surface area contributed by atoms with E-state index in [-0.39, 0.29) is 0 Å². The summed E-state index contributed by atoms with van der Waals surface area (Å²) in [6.07, 6.45) is 4.32. The van der Waals surface area contributed by atoms with Crippen LogP contribution in [0.1, 0.15) is 19.8 Å². The maximum absolute atomic E-state index is 4.81. The molecule has 3 heteroatoms. The van der Waals surface area contributed by atoms with Gasteiger partial charge in [-0.05, 0) is 25.5 Å². The molecule has 1 aliphatic rings. The van der Waals surface area contributed by atoms with E-state index in [1.807, 2.05) is 0 Å². The van der Waals surface area contributed by atoms with Crippen molar-refractivity contribution in [2.75, 3.05) is 27.2 Å². The maximum Gasteiger partial charge on any atom is 0.106 e. The molecule has 0 N–H and O–H groups in total. The molecule has 74 valence electrons. The molecule has 0 radical (unpaired) electrons. The summed E-state index contributed by atoms with van der Waals surface area (Å²) in [4.78, 5) is 7.11. The number of likely N-dealkylation sites (N-methyl/N-ethyl adjacent to an activating group) is 1. The third-order valence-electron chi connectivity index (χ3n) is 2.25. The van der Waals surface area contributed by atoms with Crippen molar-refractivity contribution < 1.29 is 4.84 Å². The fraction of sp³-hybridized carbons (Fsp3) is 0.700. The van der Waals surface area contributed by atoms with Gasteiger partial charge in [-0.1, -0.05) is 18.2 Å². The van der Waals surface area contributed by atoms with E-state index in [2.05, 4.69) is 30.1 Å². The molecule has 0 saturated carbocycles. The fourth-order valence-electron chi connectivity index (χ4n) is 1.56. The lowest BCUT2D eigenvalue weighted by atomic mass is 10.0. The van der Waals surface area contributed by atoms with E-state index in [0.717, 1.165) is 31.6 Å². The number of rotatable bonds is 3. The Balaban J connectivity index is 2.68. The molecular formula is C10H18N2O. The second-order valence-corrected chi connectivity index (χ2v) is 3.33. The largest absolute Gasteiger partial charge is 0.399 e. The number of hydrogen-bond acceptors (Lipinski definition) is 3. The summed E-state index contributed by atoms with van der Waals surface area (Å²) in [7, 11) is 3.73. The van der Waals surface area contributed by atoms with E-state index in [4.69, 9.17) is 4.84 Å². The van der Waals surface area contributed by atoms with Gasteiger partial charge < -0.3 is 9.74 Å². The van der Waals surface area contributed by atoms with Crippen molar-refractivity contribution in [3.63, 3.8) is 0 Å². The van der Waals surface area contributed by atoms with E-state index in [1.165, 1.54) is 5.57 Å². The zero-order valence-electron chi connectivity index (χ0n) is 8.71. The average Bonchev–Trinajstić information content (AvgIpc) is 2.14. The Morgan fingerprint density at radius 1 is 1.69 bits per heavy atom. The predicted octanol–water partition coefficient (Wildman–Crippen LogP) is 1.66. The van der Waals surface area contributed by atoms with Crippen LogP contribution in [0.5, 0.6) is 0 Å². The van der Waals surface area contributed by atoms with E-state index in [1.54, 1.807) is 7.11 Å². The summed E-state index contributed by atoms with van der Waals surface area (Å²) in [6.45, 7) is 4.25. The Morgan fingerprint density at radius 2 is 2.46 bits per heavy atom. The summed E-state index contributed by atoms with van der Waals surface area (Å²) in [6, 6.07) is 0. The molecule has 1 heterocycles. The van der Waals surface area contributed by atoms with Crippen LogP contribution in [0.4, 0.5) is 0 Å². The summed E-state index contributed by atoms with van der Waals surface area (Å²) in [5.41, 5.74) is 2.40. The van der Waals surface area contributed by atoms with Crippen LogP contribution in [0, 0.1) is 0 Å². The van der Waals surface area contributed by atoms with Crippen molar-refractivity contribution in [2.45, 2.75) is 19.8 Å². The molecule has 0 aliphatic carbocycles. The molecule has 0 aromatic carbocycles. The van der Waals surface area contributed by atoms with Gasteiger partial charge in [0.1, 0.15) is 7.11 Å². The van der Waals surface area contributed by atoms with E-state index in [0.29, 0.717) is 0 Å². The minimum absolute atomic E-state index is 0.938. The Hall–Kier alpha value is -0.830. The van der Waals surface area contributed by atoms with Gasteiger partial charge in [-0.25, -0.2) is 0 Å². The minimum Gasteiger partial charge on any atom is -0.399 e. The summed E-state index contributed by atoms with van der Waals surface area (Å²) in [5.74, 6) is 0. The third-order valence-corrected chi connectivity index (χ3v) is 2.25. The highest BCUT2D eigenvalue weighted by Gasteiger charge is 2.12. The highest BCUT2D eigenvalue weighted by Crippen LogP contribution is 2.11. The first-order valence-electron chi connectivity index (χ1n) is 4.76. The molecule has 13 heavy (non-hydrogen) atoms. The monoisotopic (exact) mass is 182 g/mol. The summed E-state index contributed by atoms with van der Waals surface area (Å²) in [5, 5.41) is 4.02. The van der Waals surface area contributed by atoms with Crippen LogP contribution in [0.15, 0.2) is 16.8 Å². The van der Waals surface area contributed by atoms with Gasteiger partial charge in [-0.3, -0.25) is 0 Å². The van der Waals surface area contributed by atoms with Crippen LogP contribution in [0.25, 0.3) is 0 Å². The van der Waals surface area contributed by atoms with Gasteiger partial charge in [0, 0.05) is 13.1 Å². The molecule has 0 unspecified atom stereocenters. The smallest absolute Gasteiger partial charge is 0.106 e. The fourth-order valence-corrected chi connectivity index (χ4v) is 1.56. The van der Waals surface area contributed by atoms with Gasteiger partial charge in [0.05, 0.1) is 5.71 Å². The van der Waals surface area contributed by atoms with Crippen molar-refractivity contribution >= 4 is 5.71 Å². The van der Waals surface area contributed by atoms with Crippen molar-refractivity contribution in [1.82, 2.24) is 4.90 Å².